The Morgan fingerprint density at radius 3 is 2.65 bits per heavy atom. The zero-order valence-electron chi connectivity index (χ0n) is 13.1. The summed E-state index contributed by atoms with van der Waals surface area (Å²) in [5, 5.41) is 2.97. The Morgan fingerprint density at radius 1 is 1.35 bits per heavy atom. The van der Waals surface area contributed by atoms with Crippen LogP contribution in [0.2, 0.25) is 0 Å². The van der Waals surface area contributed by atoms with E-state index in [2.05, 4.69) is 19.2 Å². The highest BCUT2D eigenvalue weighted by molar-refractivity contribution is 5.91. The van der Waals surface area contributed by atoms with E-state index in [1.807, 2.05) is 37.2 Å². The molecule has 1 aromatic carbocycles. The Morgan fingerprint density at radius 2 is 2.05 bits per heavy atom. The second-order valence-electron chi connectivity index (χ2n) is 5.67. The molecule has 0 radical (unpaired) electrons. The number of rotatable bonds is 7. The average Bonchev–Trinajstić information content (AvgIpc) is 2.39. The average molecular weight is 277 g/mol. The lowest BCUT2D eigenvalue weighted by atomic mass is 10.0. The lowest BCUT2D eigenvalue weighted by molar-refractivity contribution is -0.116. The van der Waals surface area contributed by atoms with Gasteiger partial charge in [0.05, 0.1) is 0 Å². The van der Waals surface area contributed by atoms with Crippen LogP contribution in [0, 0.1) is 12.8 Å². The summed E-state index contributed by atoms with van der Waals surface area (Å²) in [5.41, 5.74) is 8.69. The van der Waals surface area contributed by atoms with Gasteiger partial charge in [-0.25, -0.2) is 0 Å². The summed E-state index contributed by atoms with van der Waals surface area (Å²) in [6.45, 7) is 4.89. The molecule has 0 aromatic heterocycles. The normalized spacial score (nSPS) is 12.1. The third-order valence-electron chi connectivity index (χ3n) is 3.50. The van der Waals surface area contributed by atoms with Gasteiger partial charge in [0.25, 0.3) is 0 Å². The molecule has 0 aliphatic carbocycles. The summed E-state index contributed by atoms with van der Waals surface area (Å²) < 4.78 is 0. The van der Waals surface area contributed by atoms with Crippen LogP contribution in [0.1, 0.15) is 31.7 Å². The monoisotopic (exact) mass is 277 g/mol. The SMILES string of the molecule is Cc1ccc(NC(=O)CCC(C)CCN)cc1N(C)C. The number of aryl methyl sites for hydroxylation is 1. The van der Waals surface area contributed by atoms with Crippen molar-refractivity contribution in [1.29, 1.82) is 0 Å². The van der Waals surface area contributed by atoms with Crippen LogP contribution >= 0.6 is 0 Å². The Hall–Kier alpha value is -1.55. The van der Waals surface area contributed by atoms with Gasteiger partial charge in [-0.1, -0.05) is 13.0 Å². The van der Waals surface area contributed by atoms with Crippen LogP contribution < -0.4 is 16.0 Å². The molecule has 20 heavy (non-hydrogen) atoms. The van der Waals surface area contributed by atoms with E-state index in [1.165, 1.54) is 5.56 Å². The molecule has 1 amide bonds. The lowest BCUT2D eigenvalue weighted by Gasteiger charge is -2.17. The van der Waals surface area contributed by atoms with Crippen LogP contribution in [-0.2, 0) is 4.79 Å². The van der Waals surface area contributed by atoms with Crippen molar-refractivity contribution in [2.45, 2.75) is 33.1 Å². The summed E-state index contributed by atoms with van der Waals surface area (Å²) in [4.78, 5) is 14.0. The number of carbonyl (C=O) groups is 1. The van der Waals surface area contributed by atoms with Gasteiger partial charge < -0.3 is 16.0 Å². The van der Waals surface area contributed by atoms with Crippen molar-refractivity contribution < 1.29 is 4.79 Å². The van der Waals surface area contributed by atoms with Crippen LogP contribution in [0.3, 0.4) is 0 Å². The van der Waals surface area contributed by atoms with E-state index in [0.717, 1.165) is 24.2 Å². The zero-order chi connectivity index (χ0) is 15.1. The van der Waals surface area contributed by atoms with E-state index in [1.54, 1.807) is 0 Å². The molecule has 0 saturated heterocycles. The molecule has 3 N–H and O–H groups in total. The Labute approximate surface area is 122 Å². The minimum atomic E-state index is 0.0717. The van der Waals surface area contributed by atoms with Crippen molar-refractivity contribution in [3.8, 4) is 0 Å². The van der Waals surface area contributed by atoms with Gasteiger partial charge in [0.2, 0.25) is 5.91 Å². The van der Waals surface area contributed by atoms with E-state index in [-0.39, 0.29) is 5.91 Å². The van der Waals surface area contributed by atoms with E-state index >= 15 is 0 Å². The van der Waals surface area contributed by atoms with Gasteiger partial charge in [-0.15, -0.1) is 0 Å². The first-order valence-corrected chi connectivity index (χ1v) is 7.22. The van der Waals surface area contributed by atoms with Gasteiger partial charge in [0.15, 0.2) is 0 Å². The number of nitrogens with two attached hydrogens (primary N) is 1. The topological polar surface area (TPSA) is 58.4 Å². The lowest BCUT2D eigenvalue weighted by Crippen LogP contribution is -2.15. The number of nitrogens with one attached hydrogen (secondary N) is 1. The first kappa shape index (κ1) is 16.5. The van der Waals surface area contributed by atoms with Crippen molar-refractivity contribution in [2.24, 2.45) is 11.7 Å². The number of hydrogen-bond donors (Lipinski definition) is 2. The minimum Gasteiger partial charge on any atom is -0.377 e. The minimum absolute atomic E-state index is 0.0717. The quantitative estimate of drug-likeness (QED) is 0.805. The van der Waals surface area contributed by atoms with E-state index < -0.39 is 0 Å². The number of anilines is 2. The molecular weight excluding hydrogens is 250 g/mol. The van der Waals surface area contributed by atoms with Crippen LogP contribution in [0.25, 0.3) is 0 Å². The third-order valence-corrected chi connectivity index (χ3v) is 3.50. The molecule has 4 heteroatoms. The highest BCUT2D eigenvalue weighted by Crippen LogP contribution is 2.22. The Kier molecular flexibility index (Phi) is 6.52. The van der Waals surface area contributed by atoms with Crippen molar-refractivity contribution in [3.63, 3.8) is 0 Å². The molecule has 1 atom stereocenters. The first-order chi connectivity index (χ1) is 9.43. The van der Waals surface area contributed by atoms with Gasteiger partial charge >= 0.3 is 0 Å². The summed E-state index contributed by atoms with van der Waals surface area (Å²) >= 11 is 0. The molecule has 0 bridgehead atoms. The maximum Gasteiger partial charge on any atom is 0.224 e. The summed E-state index contributed by atoms with van der Waals surface area (Å²) in [6, 6.07) is 5.99. The molecule has 1 aromatic rings. The maximum absolute atomic E-state index is 11.9. The Bertz CT molecular complexity index is 443. The molecule has 0 saturated carbocycles. The van der Waals surface area contributed by atoms with Crippen LogP contribution in [0.5, 0.6) is 0 Å². The number of hydrogen-bond acceptors (Lipinski definition) is 3. The van der Waals surface area contributed by atoms with Gasteiger partial charge in [-0.3, -0.25) is 4.79 Å². The fourth-order valence-electron chi connectivity index (χ4n) is 2.20. The van der Waals surface area contributed by atoms with Crippen molar-refractivity contribution in [1.82, 2.24) is 0 Å². The second kappa shape index (κ2) is 7.90. The number of benzene rings is 1. The molecule has 112 valence electrons. The van der Waals surface area contributed by atoms with Crippen LogP contribution in [-0.4, -0.2) is 26.5 Å². The maximum atomic E-state index is 11.9. The molecular formula is C16H27N3O. The fraction of sp³-hybridized carbons (Fsp3) is 0.562. The van der Waals surface area contributed by atoms with Gasteiger partial charge in [-0.2, -0.15) is 0 Å². The predicted octanol–water partition coefficient (Wildman–Crippen LogP) is 2.76. The standard InChI is InChI=1S/C16H27N3O/c1-12(9-10-17)5-8-16(20)18-14-7-6-13(2)15(11-14)19(3)4/h6-7,11-12H,5,8-10,17H2,1-4H3,(H,18,20). The highest BCUT2D eigenvalue weighted by atomic mass is 16.1. The summed E-state index contributed by atoms with van der Waals surface area (Å²) in [5.74, 6) is 0.573. The Balaban J connectivity index is 2.56. The molecule has 0 fully saturated rings. The van der Waals surface area contributed by atoms with E-state index in [0.29, 0.717) is 18.9 Å². The largest absolute Gasteiger partial charge is 0.377 e. The van der Waals surface area contributed by atoms with Crippen molar-refractivity contribution >= 4 is 17.3 Å². The van der Waals surface area contributed by atoms with Crippen molar-refractivity contribution in [3.05, 3.63) is 23.8 Å². The number of carbonyl (C=O) groups excluding carboxylic acids is 1. The van der Waals surface area contributed by atoms with Gasteiger partial charge in [-0.05, 0) is 49.9 Å². The second-order valence-corrected chi connectivity index (χ2v) is 5.67. The molecule has 1 unspecified atom stereocenters. The molecule has 0 heterocycles. The highest BCUT2D eigenvalue weighted by Gasteiger charge is 2.08. The van der Waals surface area contributed by atoms with E-state index in [4.69, 9.17) is 5.73 Å². The predicted molar refractivity (Wildman–Crippen MR) is 86.2 cm³/mol. The number of nitrogens with zero attached hydrogens (tertiary/aromatic N) is 1. The zero-order valence-corrected chi connectivity index (χ0v) is 13.1. The molecule has 0 spiro atoms. The molecule has 1 rings (SSSR count). The van der Waals surface area contributed by atoms with Crippen LogP contribution in [0.15, 0.2) is 18.2 Å². The molecule has 0 aliphatic heterocycles. The first-order valence-electron chi connectivity index (χ1n) is 7.22. The fourth-order valence-corrected chi connectivity index (χ4v) is 2.20. The van der Waals surface area contributed by atoms with E-state index in [9.17, 15) is 4.79 Å². The summed E-state index contributed by atoms with van der Waals surface area (Å²) in [6.07, 6.45) is 2.41. The smallest absolute Gasteiger partial charge is 0.224 e. The van der Waals surface area contributed by atoms with Crippen molar-refractivity contribution in [2.75, 3.05) is 30.9 Å². The van der Waals surface area contributed by atoms with Gasteiger partial charge in [0, 0.05) is 31.9 Å². The molecule has 4 nitrogen and oxygen atoms in total. The summed E-state index contributed by atoms with van der Waals surface area (Å²) in [7, 11) is 4.00. The third kappa shape index (κ3) is 5.21. The number of amides is 1. The van der Waals surface area contributed by atoms with Crippen LogP contribution in [0.4, 0.5) is 11.4 Å². The van der Waals surface area contributed by atoms with Gasteiger partial charge in [0.1, 0.15) is 0 Å². The molecule has 0 aliphatic rings.